The maximum Gasteiger partial charge on any atom is 0.416 e. The minimum Gasteiger partial charge on any atom is -0.491 e. The van der Waals surface area contributed by atoms with Crippen LogP contribution in [-0.4, -0.2) is 32.7 Å². The van der Waals surface area contributed by atoms with Crippen LogP contribution < -0.4 is 10.1 Å². The molecule has 1 amide bonds. The number of hydrogen-bond acceptors (Lipinski definition) is 5. The first kappa shape index (κ1) is 20.3. The number of ether oxygens (including phenoxy) is 1. The van der Waals surface area contributed by atoms with Crippen LogP contribution in [0, 0.1) is 0 Å². The van der Waals surface area contributed by atoms with E-state index in [0.29, 0.717) is 18.9 Å². The molecule has 0 aliphatic heterocycles. The van der Waals surface area contributed by atoms with Gasteiger partial charge in [-0.15, -0.1) is 10.2 Å². The molecule has 0 saturated carbocycles. The van der Waals surface area contributed by atoms with E-state index in [1.54, 1.807) is 12.1 Å². The molecule has 29 heavy (non-hydrogen) atoms. The summed E-state index contributed by atoms with van der Waals surface area (Å²) in [6, 6.07) is 12.0. The maximum absolute atomic E-state index is 13.0. The highest BCUT2D eigenvalue weighted by Crippen LogP contribution is 2.35. The van der Waals surface area contributed by atoms with E-state index in [1.807, 2.05) is 25.1 Å². The van der Waals surface area contributed by atoms with Crippen LogP contribution in [0.2, 0.25) is 0 Å². The SMILES string of the molecule is CCCOc1ccc(C(F)(F)F)cc1NC(=O)Cn1nnc(-c2ccccc2)n1. The number of benzene rings is 2. The van der Waals surface area contributed by atoms with Gasteiger partial charge in [0.05, 0.1) is 17.9 Å². The summed E-state index contributed by atoms with van der Waals surface area (Å²) in [5.41, 5.74) is -0.226. The minimum atomic E-state index is -4.54. The summed E-state index contributed by atoms with van der Waals surface area (Å²) < 4.78 is 44.5. The predicted molar refractivity (Wildman–Crippen MR) is 99.1 cm³/mol. The third-order valence-corrected chi connectivity index (χ3v) is 3.81. The summed E-state index contributed by atoms with van der Waals surface area (Å²) in [5, 5.41) is 14.2. The standard InChI is InChI=1S/C19H18F3N5O2/c1-2-10-29-16-9-8-14(19(20,21)22)11-15(16)23-17(28)12-27-25-18(24-26-27)13-6-4-3-5-7-13/h3-9,11H,2,10,12H2,1H3,(H,23,28). The number of nitrogens with one attached hydrogen (secondary N) is 1. The molecule has 0 unspecified atom stereocenters. The van der Waals surface area contributed by atoms with Crippen molar-refractivity contribution >= 4 is 11.6 Å². The highest BCUT2D eigenvalue weighted by molar-refractivity contribution is 5.92. The molecule has 3 rings (SSSR count). The van der Waals surface area contributed by atoms with Gasteiger partial charge in [0.25, 0.3) is 0 Å². The lowest BCUT2D eigenvalue weighted by Gasteiger charge is -2.15. The number of alkyl halides is 3. The number of anilines is 1. The number of amides is 1. The van der Waals surface area contributed by atoms with E-state index in [1.165, 1.54) is 6.07 Å². The Morgan fingerprint density at radius 2 is 1.93 bits per heavy atom. The van der Waals surface area contributed by atoms with Crippen LogP contribution in [0.5, 0.6) is 5.75 Å². The van der Waals surface area contributed by atoms with Gasteiger partial charge >= 0.3 is 6.18 Å². The normalized spacial score (nSPS) is 11.3. The van der Waals surface area contributed by atoms with Crippen LogP contribution in [-0.2, 0) is 17.5 Å². The van der Waals surface area contributed by atoms with E-state index < -0.39 is 17.6 Å². The summed E-state index contributed by atoms with van der Waals surface area (Å²) in [6.07, 6.45) is -3.87. The molecule has 0 saturated heterocycles. The van der Waals surface area contributed by atoms with Gasteiger partial charge in [0, 0.05) is 5.56 Å². The molecule has 0 bridgehead atoms. The molecule has 2 aromatic carbocycles. The molecule has 0 atom stereocenters. The fourth-order valence-corrected chi connectivity index (χ4v) is 2.47. The number of rotatable bonds is 7. The molecule has 0 aliphatic carbocycles. The molecule has 1 aromatic heterocycles. The molecule has 3 aromatic rings. The molecular weight excluding hydrogens is 387 g/mol. The molecule has 0 radical (unpaired) electrons. The van der Waals surface area contributed by atoms with E-state index in [-0.39, 0.29) is 18.0 Å². The fourth-order valence-electron chi connectivity index (χ4n) is 2.47. The van der Waals surface area contributed by atoms with Crippen molar-refractivity contribution in [2.24, 2.45) is 0 Å². The lowest BCUT2D eigenvalue weighted by atomic mass is 10.1. The number of carbonyl (C=O) groups excluding carboxylic acids is 1. The topological polar surface area (TPSA) is 81.9 Å². The fraction of sp³-hybridized carbons (Fsp3) is 0.263. The molecular formula is C19H18F3N5O2. The Balaban J connectivity index is 1.75. The number of hydrogen-bond donors (Lipinski definition) is 1. The lowest BCUT2D eigenvalue weighted by Crippen LogP contribution is -2.21. The highest BCUT2D eigenvalue weighted by atomic mass is 19.4. The van der Waals surface area contributed by atoms with Crippen molar-refractivity contribution < 1.29 is 22.7 Å². The minimum absolute atomic E-state index is 0.0679. The Morgan fingerprint density at radius 3 is 2.62 bits per heavy atom. The third kappa shape index (κ3) is 5.31. The van der Waals surface area contributed by atoms with Crippen molar-refractivity contribution in [1.82, 2.24) is 20.2 Å². The summed E-state index contributed by atoms with van der Waals surface area (Å²) in [4.78, 5) is 13.4. The van der Waals surface area contributed by atoms with Crippen LogP contribution in [0.15, 0.2) is 48.5 Å². The van der Waals surface area contributed by atoms with Gasteiger partial charge in [0.15, 0.2) is 0 Å². The zero-order valence-electron chi connectivity index (χ0n) is 15.5. The summed E-state index contributed by atoms with van der Waals surface area (Å²) in [6.45, 7) is 1.85. The van der Waals surface area contributed by atoms with Crippen molar-refractivity contribution in [2.75, 3.05) is 11.9 Å². The molecule has 10 heteroatoms. The van der Waals surface area contributed by atoms with Gasteiger partial charge in [-0.25, -0.2) is 0 Å². The summed E-state index contributed by atoms with van der Waals surface area (Å²) in [7, 11) is 0. The van der Waals surface area contributed by atoms with Crippen LogP contribution in [0.4, 0.5) is 18.9 Å². The van der Waals surface area contributed by atoms with Crippen LogP contribution >= 0.6 is 0 Å². The Bertz CT molecular complexity index is 973. The maximum atomic E-state index is 13.0. The van der Waals surface area contributed by atoms with Gasteiger partial charge in [-0.3, -0.25) is 4.79 Å². The molecule has 0 aliphatic rings. The predicted octanol–water partition coefficient (Wildman–Crippen LogP) is 3.79. The quantitative estimate of drug-likeness (QED) is 0.647. The van der Waals surface area contributed by atoms with Crippen LogP contribution in [0.25, 0.3) is 11.4 Å². The second-order valence-electron chi connectivity index (χ2n) is 6.11. The molecule has 7 nitrogen and oxygen atoms in total. The lowest BCUT2D eigenvalue weighted by molar-refractivity contribution is -0.137. The van der Waals surface area contributed by atoms with E-state index in [2.05, 4.69) is 20.7 Å². The summed E-state index contributed by atoms with van der Waals surface area (Å²) in [5.74, 6) is -0.114. The first-order chi connectivity index (χ1) is 13.9. The molecule has 1 heterocycles. The average Bonchev–Trinajstić information content (AvgIpc) is 3.15. The Morgan fingerprint density at radius 1 is 1.17 bits per heavy atom. The zero-order chi connectivity index (χ0) is 20.9. The van der Waals surface area contributed by atoms with Gasteiger partial charge < -0.3 is 10.1 Å². The number of carbonyl (C=O) groups is 1. The number of tetrazole rings is 1. The van der Waals surface area contributed by atoms with Gasteiger partial charge in [-0.2, -0.15) is 18.0 Å². The first-order valence-electron chi connectivity index (χ1n) is 8.84. The van der Waals surface area contributed by atoms with Gasteiger partial charge in [0.2, 0.25) is 11.7 Å². The highest BCUT2D eigenvalue weighted by Gasteiger charge is 2.31. The van der Waals surface area contributed by atoms with Crippen molar-refractivity contribution in [3.63, 3.8) is 0 Å². The average molecular weight is 405 g/mol. The molecule has 1 N–H and O–H groups in total. The molecule has 0 fully saturated rings. The van der Waals surface area contributed by atoms with E-state index in [9.17, 15) is 18.0 Å². The third-order valence-electron chi connectivity index (χ3n) is 3.81. The van der Waals surface area contributed by atoms with E-state index in [0.717, 1.165) is 22.5 Å². The van der Waals surface area contributed by atoms with Crippen molar-refractivity contribution in [3.05, 3.63) is 54.1 Å². The Labute approximate surface area is 164 Å². The monoisotopic (exact) mass is 405 g/mol. The van der Waals surface area contributed by atoms with Gasteiger partial charge in [-0.1, -0.05) is 37.3 Å². The van der Waals surface area contributed by atoms with Gasteiger partial charge in [-0.05, 0) is 29.8 Å². The first-order valence-corrected chi connectivity index (χ1v) is 8.84. The van der Waals surface area contributed by atoms with E-state index in [4.69, 9.17) is 4.74 Å². The second-order valence-corrected chi connectivity index (χ2v) is 6.11. The van der Waals surface area contributed by atoms with E-state index >= 15 is 0 Å². The smallest absolute Gasteiger partial charge is 0.416 e. The number of nitrogens with zero attached hydrogens (tertiary/aromatic N) is 4. The second kappa shape index (κ2) is 8.72. The Kier molecular flexibility index (Phi) is 6.10. The van der Waals surface area contributed by atoms with Crippen molar-refractivity contribution in [1.29, 1.82) is 0 Å². The van der Waals surface area contributed by atoms with Crippen molar-refractivity contribution in [2.45, 2.75) is 26.1 Å². The van der Waals surface area contributed by atoms with Crippen molar-refractivity contribution in [3.8, 4) is 17.1 Å². The van der Waals surface area contributed by atoms with Crippen LogP contribution in [0.3, 0.4) is 0 Å². The number of aromatic nitrogens is 4. The Hall–Kier alpha value is -3.43. The number of halogens is 3. The largest absolute Gasteiger partial charge is 0.491 e. The van der Waals surface area contributed by atoms with Gasteiger partial charge in [0.1, 0.15) is 12.3 Å². The zero-order valence-corrected chi connectivity index (χ0v) is 15.5. The molecule has 152 valence electrons. The molecule has 0 spiro atoms. The van der Waals surface area contributed by atoms with Crippen LogP contribution in [0.1, 0.15) is 18.9 Å². The summed E-state index contributed by atoms with van der Waals surface area (Å²) >= 11 is 0.